The fourth-order valence-electron chi connectivity index (χ4n) is 3.07. The van der Waals surface area contributed by atoms with Crippen LogP contribution >= 0.6 is 0 Å². The minimum atomic E-state index is -3.81. The summed E-state index contributed by atoms with van der Waals surface area (Å²) in [5.74, 6) is 0.110. The molecule has 7 nitrogen and oxygen atoms in total. The van der Waals surface area contributed by atoms with E-state index < -0.39 is 15.9 Å². The number of rotatable bonds is 9. The molecule has 0 radical (unpaired) electrons. The average molecular weight is 430 g/mol. The second kappa shape index (κ2) is 10.2. The third-order valence-corrected chi connectivity index (χ3v) is 6.38. The Morgan fingerprint density at radius 2 is 1.87 bits per heavy atom. The van der Waals surface area contributed by atoms with Crippen LogP contribution < -0.4 is 10.2 Å². The van der Waals surface area contributed by atoms with Crippen molar-refractivity contribution in [2.24, 2.45) is 5.10 Å². The van der Waals surface area contributed by atoms with E-state index in [-0.39, 0.29) is 11.4 Å². The third-order valence-electron chi connectivity index (χ3n) is 4.27. The summed E-state index contributed by atoms with van der Waals surface area (Å²) in [6, 6.07) is 10.8. The second-order valence-corrected chi connectivity index (χ2v) is 8.94. The van der Waals surface area contributed by atoms with Crippen molar-refractivity contribution in [2.75, 3.05) is 20.2 Å². The van der Waals surface area contributed by atoms with E-state index in [4.69, 9.17) is 4.74 Å². The van der Waals surface area contributed by atoms with Crippen LogP contribution in [0.4, 0.5) is 0 Å². The van der Waals surface area contributed by atoms with Crippen LogP contribution in [-0.2, 0) is 14.8 Å². The number of carbonyl (C=O) groups is 1. The molecule has 0 fully saturated rings. The van der Waals surface area contributed by atoms with Gasteiger partial charge in [0.25, 0.3) is 5.91 Å². The van der Waals surface area contributed by atoms with Crippen molar-refractivity contribution in [2.45, 2.75) is 25.7 Å². The third kappa shape index (κ3) is 6.01. The molecule has 0 heterocycles. The van der Waals surface area contributed by atoms with Gasteiger partial charge in [0.15, 0.2) is 0 Å². The molecule has 2 aromatic rings. The lowest BCUT2D eigenvalue weighted by molar-refractivity contribution is -0.121. The van der Waals surface area contributed by atoms with E-state index in [0.717, 1.165) is 15.4 Å². The smallest absolute Gasteiger partial charge is 0.255 e. The van der Waals surface area contributed by atoms with E-state index in [0.29, 0.717) is 23.5 Å². The Morgan fingerprint density at radius 1 is 1.20 bits per heavy atom. The van der Waals surface area contributed by atoms with Gasteiger partial charge in [-0.25, -0.2) is 13.8 Å². The highest BCUT2D eigenvalue weighted by Crippen LogP contribution is 2.24. The lowest BCUT2D eigenvalue weighted by Crippen LogP contribution is -2.37. The normalized spacial score (nSPS) is 11.6. The van der Waals surface area contributed by atoms with Crippen molar-refractivity contribution in [1.82, 2.24) is 9.73 Å². The number of benzene rings is 2. The summed E-state index contributed by atoms with van der Waals surface area (Å²) in [5, 5.41) is 3.90. The Balaban J connectivity index is 2.02. The molecule has 1 N–H and O–H groups in total. The predicted molar refractivity (Wildman–Crippen MR) is 118 cm³/mol. The van der Waals surface area contributed by atoms with Crippen LogP contribution in [-0.4, -0.2) is 45.0 Å². The zero-order valence-corrected chi connectivity index (χ0v) is 18.5. The Bertz CT molecular complexity index is 1040. The van der Waals surface area contributed by atoms with E-state index in [9.17, 15) is 13.2 Å². The van der Waals surface area contributed by atoms with Gasteiger partial charge in [0.2, 0.25) is 10.0 Å². The molecule has 1 amide bonds. The van der Waals surface area contributed by atoms with E-state index in [1.807, 2.05) is 19.1 Å². The number of hydrazone groups is 1. The van der Waals surface area contributed by atoms with Gasteiger partial charge in [0, 0.05) is 7.05 Å². The van der Waals surface area contributed by atoms with E-state index in [1.165, 1.54) is 13.3 Å². The van der Waals surface area contributed by atoms with Crippen molar-refractivity contribution in [3.8, 4) is 5.75 Å². The van der Waals surface area contributed by atoms with Crippen molar-refractivity contribution >= 4 is 22.1 Å². The topological polar surface area (TPSA) is 88.1 Å². The molecule has 30 heavy (non-hydrogen) atoms. The molecule has 0 saturated carbocycles. The summed E-state index contributed by atoms with van der Waals surface area (Å²) < 4.78 is 32.3. The van der Waals surface area contributed by atoms with Gasteiger partial charge >= 0.3 is 0 Å². The minimum Gasteiger partial charge on any atom is -0.490 e. The largest absolute Gasteiger partial charge is 0.490 e. The number of sulfonamides is 1. The highest BCUT2D eigenvalue weighted by molar-refractivity contribution is 7.89. The first-order valence-corrected chi connectivity index (χ1v) is 10.8. The summed E-state index contributed by atoms with van der Waals surface area (Å²) >= 11 is 0. The molecule has 160 valence electrons. The predicted octanol–water partition coefficient (Wildman–Crippen LogP) is 2.95. The van der Waals surface area contributed by atoms with Gasteiger partial charge in [-0.2, -0.15) is 9.41 Å². The second-order valence-electron chi connectivity index (χ2n) is 6.95. The molecular weight excluding hydrogens is 402 g/mol. The maximum Gasteiger partial charge on any atom is 0.255 e. The molecule has 2 rings (SSSR count). The number of likely N-dealkylation sites (N-methyl/N-ethyl adjacent to an activating group) is 1. The fraction of sp³-hybridized carbons (Fsp3) is 0.273. The lowest BCUT2D eigenvalue weighted by Gasteiger charge is -2.19. The molecule has 0 aliphatic heterocycles. The summed E-state index contributed by atoms with van der Waals surface area (Å²) in [5.41, 5.74) is 5.36. The number of nitrogens with zero attached hydrogens (tertiary/aromatic N) is 2. The monoisotopic (exact) mass is 429 g/mol. The van der Waals surface area contributed by atoms with Gasteiger partial charge in [-0.15, -0.1) is 0 Å². The first-order chi connectivity index (χ1) is 14.1. The maximum atomic E-state index is 12.9. The van der Waals surface area contributed by atoms with E-state index in [2.05, 4.69) is 17.1 Å². The quantitative estimate of drug-likeness (QED) is 0.377. The number of amides is 1. The molecule has 0 atom stereocenters. The molecule has 0 aliphatic carbocycles. The van der Waals surface area contributed by atoms with E-state index >= 15 is 0 Å². The number of nitrogens with one attached hydrogen (secondary N) is 1. The first kappa shape index (κ1) is 23.3. The maximum absolute atomic E-state index is 12.9. The summed E-state index contributed by atoms with van der Waals surface area (Å²) in [4.78, 5) is 12.4. The highest BCUT2D eigenvalue weighted by Gasteiger charge is 2.26. The average Bonchev–Trinajstić information content (AvgIpc) is 2.65. The highest BCUT2D eigenvalue weighted by atomic mass is 32.2. The van der Waals surface area contributed by atoms with Crippen molar-refractivity contribution in [1.29, 1.82) is 0 Å². The van der Waals surface area contributed by atoms with Crippen LogP contribution in [0.25, 0.3) is 0 Å². The SMILES string of the molecule is C=CCOc1cccc(/C=N\NC(=O)CN(C)S(=O)(=O)c2c(C)cc(C)cc2C)c1. The molecule has 0 spiro atoms. The Hall–Kier alpha value is -2.97. The van der Waals surface area contributed by atoms with Crippen LogP contribution in [0.5, 0.6) is 5.75 Å². The minimum absolute atomic E-state index is 0.225. The van der Waals surface area contributed by atoms with Gasteiger partial charge in [-0.05, 0) is 49.6 Å². The molecule has 0 unspecified atom stereocenters. The zero-order chi connectivity index (χ0) is 22.3. The van der Waals surface area contributed by atoms with Gasteiger partial charge in [0.05, 0.1) is 17.7 Å². The van der Waals surface area contributed by atoms with Crippen LogP contribution in [0.15, 0.2) is 59.1 Å². The first-order valence-electron chi connectivity index (χ1n) is 9.35. The van der Waals surface area contributed by atoms with Crippen molar-refractivity contribution in [3.05, 3.63) is 71.3 Å². The van der Waals surface area contributed by atoms with Crippen LogP contribution in [0, 0.1) is 20.8 Å². The van der Waals surface area contributed by atoms with Crippen molar-refractivity contribution < 1.29 is 17.9 Å². The Labute approximate surface area is 178 Å². The van der Waals surface area contributed by atoms with Gasteiger partial charge in [-0.1, -0.05) is 42.5 Å². The fourth-order valence-corrected chi connectivity index (χ4v) is 4.60. The molecule has 0 saturated heterocycles. The summed E-state index contributed by atoms with van der Waals surface area (Å²) in [6.45, 7) is 9.04. The van der Waals surface area contributed by atoms with Gasteiger partial charge < -0.3 is 4.74 Å². The van der Waals surface area contributed by atoms with Crippen LogP contribution in [0.1, 0.15) is 22.3 Å². The molecule has 0 aliphatic rings. The van der Waals surface area contributed by atoms with Gasteiger partial charge in [0.1, 0.15) is 12.4 Å². The molecule has 8 heteroatoms. The van der Waals surface area contributed by atoms with Crippen molar-refractivity contribution in [3.63, 3.8) is 0 Å². The van der Waals surface area contributed by atoms with E-state index in [1.54, 1.807) is 44.2 Å². The number of hydrogen-bond donors (Lipinski definition) is 1. The summed E-state index contributed by atoms with van der Waals surface area (Å²) in [6.07, 6.45) is 3.10. The zero-order valence-electron chi connectivity index (χ0n) is 17.7. The lowest BCUT2D eigenvalue weighted by atomic mass is 10.1. The number of hydrogen-bond acceptors (Lipinski definition) is 5. The number of aryl methyl sites for hydroxylation is 3. The molecule has 2 aromatic carbocycles. The summed E-state index contributed by atoms with van der Waals surface area (Å²) in [7, 11) is -2.44. The van der Waals surface area contributed by atoms with Crippen LogP contribution in [0.2, 0.25) is 0 Å². The Morgan fingerprint density at radius 3 is 2.50 bits per heavy atom. The van der Waals surface area contributed by atoms with Crippen LogP contribution in [0.3, 0.4) is 0 Å². The molecule has 0 aromatic heterocycles. The van der Waals surface area contributed by atoms with Gasteiger partial charge in [-0.3, -0.25) is 4.79 Å². The molecular formula is C22H27N3O4S. The number of carbonyl (C=O) groups excluding carboxylic acids is 1. The number of ether oxygens (including phenoxy) is 1. The Kier molecular flexibility index (Phi) is 7.91. The molecule has 0 bridgehead atoms. The standard InChI is InChI=1S/C22H27N3O4S/c1-6-10-29-20-9-7-8-19(13-20)14-23-24-21(26)15-25(5)30(27,28)22-17(3)11-16(2)12-18(22)4/h6-9,11-14H,1,10,15H2,2-5H3,(H,24,26)/b23-14-.